The molecule has 1 aromatic carbocycles. The Labute approximate surface area is 97.0 Å². The van der Waals surface area contributed by atoms with Crippen molar-refractivity contribution in [3.63, 3.8) is 0 Å². The maximum atomic E-state index is 11.6. The van der Waals surface area contributed by atoms with Crippen LogP contribution in [0.15, 0.2) is 24.3 Å². The van der Waals surface area contributed by atoms with Crippen LogP contribution in [0, 0.1) is 5.92 Å². The van der Waals surface area contributed by atoms with Crippen molar-refractivity contribution >= 4 is 11.6 Å². The fourth-order valence-electron chi connectivity index (χ4n) is 1.48. The van der Waals surface area contributed by atoms with Crippen LogP contribution in [0.5, 0.6) is 0 Å². The number of carbonyl (C=O) groups is 1. The topological polar surface area (TPSA) is 55.1 Å². The van der Waals surface area contributed by atoms with E-state index in [9.17, 15) is 4.79 Å². The normalized spacial score (nSPS) is 12.2. The van der Waals surface area contributed by atoms with Crippen LogP contribution in [-0.2, 0) is 11.2 Å². The van der Waals surface area contributed by atoms with Crippen LogP contribution in [0.4, 0.5) is 5.69 Å². The molecule has 1 rings (SSSR count). The molecule has 0 bridgehead atoms. The van der Waals surface area contributed by atoms with E-state index in [1.807, 2.05) is 25.1 Å². The maximum absolute atomic E-state index is 11.6. The lowest BCUT2D eigenvalue weighted by Gasteiger charge is -2.09. The summed E-state index contributed by atoms with van der Waals surface area (Å²) in [7, 11) is 0. The summed E-state index contributed by atoms with van der Waals surface area (Å²) in [6.07, 6.45) is 1.45. The van der Waals surface area contributed by atoms with E-state index >= 15 is 0 Å². The number of benzene rings is 1. The van der Waals surface area contributed by atoms with E-state index in [4.69, 9.17) is 5.73 Å². The van der Waals surface area contributed by atoms with Gasteiger partial charge in [0.25, 0.3) is 0 Å². The second-order valence-corrected chi connectivity index (χ2v) is 4.15. The number of rotatable bonds is 5. The first-order chi connectivity index (χ1) is 7.65. The van der Waals surface area contributed by atoms with Gasteiger partial charge < -0.3 is 11.1 Å². The maximum Gasteiger partial charge on any atom is 0.224 e. The molecule has 0 aromatic heterocycles. The molecular weight excluding hydrogens is 200 g/mol. The average Bonchev–Trinajstić information content (AvgIpc) is 2.28. The molecule has 3 N–H and O–H groups in total. The summed E-state index contributed by atoms with van der Waals surface area (Å²) >= 11 is 0. The van der Waals surface area contributed by atoms with Gasteiger partial charge in [-0.05, 0) is 36.6 Å². The minimum Gasteiger partial charge on any atom is -0.330 e. The summed E-state index contributed by atoms with van der Waals surface area (Å²) < 4.78 is 0. The van der Waals surface area contributed by atoms with Crippen molar-refractivity contribution in [1.82, 2.24) is 0 Å². The molecule has 0 aliphatic rings. The van der Waals surface area contributed by atoms with Crippen molar-refractivity contribution in [3.8, 4) is 0 Å². The zero-order chi connectivity index (χ0) is 12.0. The molecule has 3 nitrogen and oxygen atoms in total. The minimum atomic E-state index is 0.0335. The van der Waals surface area contributed by atoms with Crippen LogP contribution >= 0.6 is 0 Å². The van der Waals surface area contributed by atoms with Gasteiger partial charge in [-0.15, -0.1) is 0 Å². The quantitative estimate of drug-likeness (QED) is 0.799. The van der Waals surface area contributed by atoms with E-state index in [0.29, 0.717) is 13.0 Å². The number of nitrogens with one attached hydrogen (secondary N) is 1. The van der Waals surface area contributed by atoms with Gasteiger partial charge in [-0.3, -0.25) is 4.79 Å². The number of anilines is 1. The highest BCUT2D eigenvalue weighted by atomic mass is 16.1. The highest BCUT2D eigenvalue weighted by Gasteiger charge is 2.07. The summed E-state index contributed by atoms with van der Waals surface area (Å²) in [5.41, 5.74) is 7.57. The molecule has 3 heteroatoms. The fraction of sp³-hybridized carbons (Fsp3) is 0.462. The largest absolute Gasteiger partial charge is 0.330 e. The molecule has 0 saturated carbocycles. The van der Waals surface area contributed by atoms with Gasteiger partial charge in [0.1, 0.15) is 0 Å². The highest BCUT2D eigenvalue weighted by molar-refractivity contribution is 5.90. The molecule has 0 spiro atoms. The van der Waals surface area contributed by atoms with E-state index in [-0.39, 0.29) is 11.8 Å². The highest BCUT2D eigenvalue weighted by Crippen LogP contribution is 2.12. The van der Waals surface area contributed by atoms with Gasteiger partial charge in [-0.1, -0.05) is 26.0 Å². The van der Waals surface area contributed by atoms with Crippen molar-refractivity contribution in [2.24, 2.45) is 11.7 Å². The molecule has 16 heavy (non-hydrogen) atoms. The fourth-order valence-corrected chi connectivity index (χ4v) is 1.48. The van der Waals surface area contributed by atoms with Crippen molar-refractivity contribution in [3.05, 3.63) is 29.8 Å². The Morgan fingerprint density at radius 3 is 2.88 bits per heavy atom. The molecule has 88 valence electrons. The number of carbonyl (C=O) groups excluding carboxylic acids is 1. The van der Waals surface area contributed by atoms with Crippen molar-refractivity contribution in [2.45, 2.75) is 26.7 Å². The first kappa shape index (κ1) is 12.7. The molecule has 1 aromatic rings. The van der Waals surface area contributed by atoms with Gasteiger partial charge in [-0.2, -0.15) is 0 Å². The van der Waals surface area contributed by atoms with E-state index in [2.05, 4.69) is 18.3 Å². The van der Waals surface area contributed by atoms with Crippen LogP contribution < -0.4 is 11.1 Å². The molecule has 0 fully saturated rings. The van der Waals surface area contributed by atoms with Gasteiger partial charge in [0.15, 0.2) is 0 Å². The van der Waals surface area contributed by atoms with Crippen LogP contribution in [0.3, 0.4) is 0 Å². The summed E-state index contributed by atoms with van der Waals surface area (Å²) in [4.78, 5) is 11.6. The number of nitrogens with two attached hydrogens (primary N) is 1. The molecule has 0 heterocycles. The van der Waals surface area contributed by atoms with Gasteiger partial charge in [0, 0.05) is 12.1 Å². The lowest BCUT2D eigenvalue weighted by molar-refractivity contribution is -0.116. The number of amides is 1. The van der Waals surface area contributed by atoms with Crippen LogP contribution in [-0.4, -0.2) is 12.5 Å². The van der Waals surface area contributed by atoms with Gasteiger partial charge in [-0.25, -0.2) is 0 Å². The zero-order valence-electron chi connectivity index (χ0n) is 9.99. The monoisotopic (exact) mass is 220 g/mol. The third kappa shape index (κ3) is 4.03. The Kier molecular flexibility index (Phi) is 4.99. The zero-order valence-corrected chi connectivity index (χ0v) is 9.99. The van der Waals surface area contributed by atoms with Crippen LogP contribution in [0.1, 0.15) is 25.8 Å². The Morgan fingerprint density at radius 2 is 2.25 bits per heavy atom. The average molecular weight is 220 g/mol. The Bertz CT molecular complexity index is 350. The van der Waals surface area contributed by atoms with Crippen molar-refractivity contribution in [2.75, 3.05) is 11.9 Å². The minimum absolute atomic E-state index is 0.0335. The predicted molar refractivity (Wildman–Crippen MR) is 67.3 cm³/mol. The number of hydrogen-bond donors (Lipinski definition) is 2. The predicted octanol–water partition coefficient (Wildman–Crippen LogP) is 2.17. The first-order valence-corrected chi connectivity index (χ1v) is 5.74. The van der Waals surface area contributed by atoms with Crippen LogP contribution in [0.25, 0.3) is 0 Å². The van der Waals surface area contributed by atoms with E-state index in [0.717, 1.165) is 12.1 Å². The molecule has 0 aliphatic heterocycles. The van der Waals surface area contributed by atoms with Crippen molar-refractivity contribution in [1.29, 1.82) is 0 Å². The summed E-state index contributed by atoms with van der Waals surface area (Å²) in [6.45, 7) is 4.61. The lowest BCUT2D eigenvalue weighted by Crippen LogP contribution is -2.20. The Balaban J connectivity index is 2.55. The van der Waals surface area contributed by atoms with Crippen LogP contribution in [0.2, 0.25) is 0 Å². The number of hydrogen-bond acceptors (Lipinski definition) is 2. The smallest absolute Gasteiger partial charge is 0.224 e. The molecular formula is C13H20N2O. The molecule has 0 radical (unpaired) electrons. The van der Waals surface area contributed by atoms with Gasteiger partial charge >= 0.3 is 0 Å². The van der Waals surface area contributed by atoms with Crippen molar-refractivity contribution < 1.29 is 4.79 Å². The van der Waals surface area contributed by atoms with E-state index < -0.39 is 0 Å². The molecule has 0 saturated heterocycles. The van der Waals surface area contributed by atoms with E-state index in [1.54, 1.807) is 0 Å². The second-order valence-electron chi connectivity index (χ2n) is 4.15. The summed E-state index contributed by atoms with van der Waals surface area (Å²) in [5.74, 6) is 0.264. The van der Waals surface area contributed by atoms with E-state index in [1.165, 1.54) is 5.56 Å². The summed E-state index contributed by atoms with van der Waals surface area (Å²) in [6, 6.07) is 7.92. The van der Waals surface area contributed by atoms with Gasteiger partial charge in [0.2, 0.25) is 5.91 Å². The SMILES string of the molecule is CCc1cccc(NC(=O)CC(C)CN)c1. The van der Waals surface area contributed by atoms with Gasteiger partial charge in [0.05, 0.1) is 0 Å². The third-order valence-electron chi connectivity index (χ3n) is 2.56. The molecule has 0 aliphatic carbocycles. The molecule has 1 amide bonds. The Hall–Kier alpha value is -1.35. The summed E-state index contributed by atoms with van der Waals surface area (Å²) in [5, 5.41) is 2.89. The Morgan fingerprint density at radius 1 is 1.50 bits per heavy atom. The molecule has 1 atom stereocenters. The third-order valence-corrected chi connectivity index (χ3v) is 2.56. The first-order valence-electron chi connectivity index (χ1n) is 5.74. The second kappa shape index (κ2) is 6.28. The number of aryl methyl sites for hydroxylation is 1. The standard InChI is InChI=1S/C13H20N2O/c1-3-11-5-4-6-12(8-11)15-13(16)7-10(2)9-14/h4-6,8,10H,3,7,9,14H2,1-2H3,(H,15,16). The lowest BCUT2D eigenvalue weighted by atomic mass is 10.1. The molecule has 1 unspecified atom stereocenters.